The number of rotatable bonds is 3. The average Bonchev–Trinajstić information content (AvgIpc) is 2.55. The predicted octanol–water partition coefficient (Wildman–Crippen LogP) is 0.704. The molecule has 8 heteroatoms. The summed E-state index contributed by atoms with van der Waals surface area (Å²) in [6.07, 6.45) is 2.77. The van der Waals surface area contributed by atoms with E-state index in [0.29, 0.717) is 16.6 Å². The van der Waals surface area contributed by atoms with E-state index in [1.807, 2.05) is 0 Å². The monoisotopic (exact) mass is 297 g/mol. The topological polar surface area (TPSA) is 99.9 Å². The van der Waals surface area contributed by atoms with Crippen LogP contribution in [0.3, 0.4) is 0 Å². The molecule has 0 aliphatic carbocycles. The lowest BCUT2D eigenvalue weighted by atomic mass is 10.2. The highest BCUT2D eigenvalue weighted by atomic mass is 16.5. The van der Waals surface area contributed by atoms with Gasteiger partial charge in [-0.1, -0.05) is 17.3 Å². The molecule has 22 heavy (non-hydrogen) atoms. The molecule has 2 heterocycles. The Morgan fingerprint density at radius 2 is 2.05 bits per heavy atom. The second-order valence-corrected chi connectivity index (χ2v) is 4.52. The number of aromatic nitrogens is 5. The summed E-state index contributed by atoms with van der Waals surface area (Å²) < 4.78 is 5.98. The summed E-state index contributed by atoms with van der Waals surface area (Å²) in [5.41, 5.74) is 0.855. The number of carbonyl (C=O) groups excluding carboxylic acids is 1. The van der Waals surface area contributed by atoms with Crippen molar-refractivity contribution in [2.45, 2.75) is 13.7 Å². The molecule has 0 N–H and O–H groups in total. The summed E-state index contributed by atoms with van der Waals surface area (Å²) in [5.74, 6) is -0.686. The van der Waals surface area contributed by atoms with E-state index < -0.39 is 5.97 Å². The smallest absolute Gasteiger partial charge is 0.360 e. The molecule has 3 rings (SSSR count). The Labute approximate surface area is 124 Å². The molecule has 0 amide bonds. The lowest BCUT2D eigenvalue weighted by Gasteiger charge is -2.06. The lowest BCUT2D eigenvalue weighted by molar-refractivity contribution is 0.0328. The second-order valence-electron chi connectivity index (χ2n) is 4.52. The summed E-state index contributed by atoms with van der Waals surface area (Å²) in [4.78, 5) is 31.8. The van der Waals surface area contributed by atoms with Crippen molar-refractivity contribution in [2.75, 3.05) is 0 Å². The first-order valence-electron chi connectivity index (χ1n) is 6.43. The van der Waals surface area contributed by atoms with E-state index in [-0.39, 0.29) is 18.0 Å². The van der Waals surface area contributed by atoms with E-state index in [2.05, 4.69) is 20.3 Å². The Bertz CT molecular complexity index is 889. The van der Waals surface area contributed by atoms with Gasteiger partial charge in [-0.25, -0.2) is 9.78 Å². The van der Waals surface area contributed by atoms with Crippen molar-refractivity contribution in [1.29, 1.82) is 0 Å². The van der Waals surface area contributed by atoms with E-state index in [9.17, 15) is 9.59 Å². The summed E-state index contributed by atoms with van der Waals surface area (Å²) in [6.45, 7) is 1.41. The number of carbonyl (C=O) groups is 1. The Hall–Kier alpha value is -3.16. The fraction of sp³-hybridized carbons (Fsp3) is 0.143. The van der Waals surface area contributed by atoms with Gasteiger partial charge in [0.2, 0.25) is 0 Å². The van der Waals surface area contributed by atoms with Crippen LogP contribution in [0.4, 0.5) is 0 Å². The van der Waals surface area contributed by atoms with Gasteiger partial charge in [0.05, 0.1) is 17.3 Å². The molecule has 0 bridgehead atoms. The third kappa shape index (κ3) is 2.66. The molecular weight excluding hydrogens is 286 g/mol. The minimum absolute atomic E-state index is 0.0624. The van der Waals surface area contributed by atoms with Crippen molar-refractivity contribution in [2.24, 2.45) is 0 Å². The van der Waals surface area contributed by atoms with E-state index >= 15 is 0 Å². The van der Waals surface area contributed by atoms with E-state index in [1.165, 1.54) is 12.4 Å². The van der Waals surface area contributed by atoms with Gasteiger partial charge in [-0.15, -0.1) is 5.10 Å². The third-order valence-electron chi connectivity index (χ3n) is 2.94. The minimum atomic E-state index is -0.686. The van der Waals surface area contributed by atoms with Crippen LogP contribution in [0.1, 0.15) is 16.2 Å². The van der Waals surface area contributed by atoms with Crippen LogP contribution in [0.5, 0.6) is 0 Å². The highest BCUT2D eigenvalue weighted by molar-refractivity contribution is 5.86. The van der Waals surface area contributed by atoms with Gasteiger partial charge in [0, 0.05) is 6.20 Å². The van der Waals surface area contributed by atoms with Crippen molar-refractivity contribution in [1.82, 2.24) is 25.0 Å². The molecule has 0 aliphatic rings. The number of hydrogen-bond donors (Lipinski definition) is 0. The zero-order chi connectivity index (χ0) is 15.5. The predicted molar refractivity (Wildman–Crippen MR) is 76.0 cm³/mol. The molecule has 2 aromatic heterocycles. The van der Waals surface area contributed by atoms with Gasteiger partial charge < -0.3 is 4.74 Å². The van der Waals surface area contributed by atoms with Crippen LogP contribution in [-0.4, -0.2) is 30.9 Å². The largest absolute Gasteiger partial charge is 0.437 e. The highest BCUT2D eigenvalue weighted by Gasteiger charge is 2.11. The Balaban J connectivity index is 1.79. The van der Waals surface area contributed by atoms with Gasteiger partial charge in [-0.05, 0) is 19.1 Å². The molecule has 0 radical (unpaired) electrons. The number of benzene rings is 1. The number of hydrogen-bond acceptors (Lipinski definition) is 7. The molecular formula is C14H11N5O3. The molecule has 1 aromatic carbocycles. The van der Waals surface area contributed by atoms with E-state index in [4.69, 9.17) is 4.74 Å². The number of ether oxygens (including phenoxy) is 1. The van der Waals surface area contributed by atoms with Gasteiger partial charge in [0.15, 0.2) is 12.4 Å². The van der Waals surface area contributed by atoms with Gasteiger partial charge in [-0.3, -0.25) is 9.78 Å². The lowest BCUT2D eigenvalue weighted by Crippen LogP contribution is -2.26. The van der Waals surface area contributed by atoms with Crippen LogP contribution in [0, 0.1) is 6.92 Å². The molecule has 0 spiro atoms. The van der Waals surface area contributed by atoms with E-state index in [1.54, 1.807) is 31.2 Å². The quantitative estimate of drug-likeness (QED) is 0.656. The maximum atomic E-state index is 12.2. The van der Waals surface area contributed by atoms with Crippen LogP contribution in [0.2, 0.25) is 0 Å². The van der Waals surface area contributed by atoms with Crippen molar-refractivity contribution >= 4 is 16.9 Å². The molecule has 0 unspecified atom stereocenters. The number of aryl methyl sites for hydroxylation is 1. The van der Waals surface area contributed by atoms with Gasteiger partial charge in [0.25, 0.3) is 5.56 Å². The second kappa shape index (κ2) is 5.68. The summed E-state index contributed by atoms with van der Waals surface area (Å²) in [7, 11) is 0. The molecule has 0 aliphatic heterocycles. The Morgan fingerprint density at radius 3 is 2.82 bits per heavy atom. The van der Waals surface area contributed by atoms with E-state index in [0.717, 1.165) is 4.68 Å². The molecule has 110 valence electrons. The maximum absolute atomic E-state index is 12.2. The molecule has 8 nitrogen and oxygen atoms in total. The SMILES string of the molecule is Cc1cnc(C(=O)OCn2nnc3ccccc3c2=O)cn1. The van der Waals surface area contributed by atoms with Crippen molar-refractivity contribution in [3.63, 3.8) is 0 Å². The first kappa shape index (κ1) is 13.8. The number of fused-ring (bicyclic) bond motifs is 1. The summed E-state index contributed by atoms with van der Waals surface area (Å²) in [5, 5.41) is 8.03. The fourth-order valence-electron chi connectivity index (χ4n) is 1.80. The molecule has 0 saturated carbocycles. The van der Waals surface area contributed by atoms with Crippen molar-refractivity contribution in [3.8, 4) is 0 Å². The Morgan fingerprint density at radius 1 is 1.23 bits per heavy atom. The van der Waals surface area contributed by atoms with Crippen LogP contribution in [0.15, 0.2) is 41.5 Å². The van der Waals surface area contributed by atoms with Gasteiger partial charge in [0.1, 0.15) is 5.52 Å². The summed E-state index contributed by atoms with van der Waals surface area (Å²) >= 11 is 0. The van der Waals surface area contributed by atoms with Crippen LogP contribution in [-0.2, 0) is 11.5 Å². The first-order valence-corrected chi connectivity index (χ1v) is 6.43. The zero-order valence-electron chi connectivity index (χ0n) is 11.6. The van der Waals surface area contributed by atoms with Crippen LogP contribution in [0.25, 0.3) is 10.9 Å². The molecule has 0 saturated heterocycles. The van der Waals surface area contributed by atoms with Crippen molar-refractivity contribution in [3.05, 3.63) is 58.4 Å². The molecule has 0 fully saturated rings. The molecule has 3 aromatic rings. The Kier molecular flexibility index (Phi) is 3.57. The van der Waals surface area contributed by atoms with Gasteiger partial charge >= 0.3 is 5.97 Å². The summed E-state index contributed by atoms with van der Waals surface area (Å²) in [6, 6.07) is 6.80. The molecule has 0 atom stereocenters. The van der Waals surface area contributed by atoms with Crippen molar-refractivity contribution < 1.29 is 9.53 Å². The van der Waals surface area contributed by atoms with Gasteiger partial charge in [-0.2, -0.15) is 4.68 Å². The normalized spacial score (nSPS) is 10.6. The maximum Gasteiger partial charge on any atom is 0.360 e. The average molecular weight is 297 g/mol. The van der Waals surface area contributed by atoms with Crippen LogP contribution >= 0.6 is 0 Å². The first-order chi connectivity index (χ1) is 10.6. The minimum Gasteiger partial charge on any atom is -0.437 e. The zero-order valence-corrected chi connectivity index (χ0v) is 11.6. The standard InChI is InChI=1S/C14H11N5O3/c1-9-6-16-12(7-15-9)14(21)22-8-19-13(20)10-4-2-3-5-11(10)17-18-19/h2-7H,8H2,1H3. The van der Waals surface area contributed by atoms with Crippen LogP contribution < -0.4 is 5.56 Å². The fourth-order valence-corrected chi connectivity index (χ4v) is 1.80. The highest BCUT2D eigenvalue weighted by Crippen LogP contribution is 2.03. The third-order valence-corrected chi connectivity index (χ3v) is 2.94. The number of nitrogens with zero attached hydrogens (tertiary/aromatic N) is 5. The number of esters is 1.